The highest BCUT2D eigenvalue weighted by Crippen LogP contribution is 2.12. The average Bonchev–Trinajstić information content (AvgIpc) is 3.03. The number of nitrogens with two attached hydrogens (primary N) is 1. The number of aromatic nitrogens is 2. The molecular formula is C13H22N4O2. The third-order valence-electron chi connectivity index (χ3n) is 3.50. The van der Waals surface area contributed by atoms with Crippen molar-refractivity contribution >= 4 is 5.91 Å². The van der Waals surface area contributed by atoms with Crippen molar-refractivity contribution in [1.82, 2.24) is 15.1 Å². The summed E-state index contributed by atoms with van der Waals surface area (Å²) in [4.78, 5) is 12.1. The molecule has 2 rings (SSSR count). The van der Waals surface area contributed by atoms with E-state index in [4.69, 9.17) is 10.5 Å². The summed E-state index contributed by atoms with van der Waals surface area (Å²) in [5, 5.41) is 7.18. The van der Waals surface area contributed by atoms with E-state index in [0.717, 1.165) is 38.3 Å². The largest absolute Gasteiger partial charge is 0.381 e. The molecule has 2 heterocycles. The summed E-state index contributed by atoms with van der Waals surface area (Å²) in [5.74, 6) is 0.389. The minimum atomic E-state index is -0.0524. The Morgan fingerprint density at radius 3 is 3.21 bits per heavy atom. The van der Waals surface area contributed by atoms with E-state index in [1.165, 1.54) is 0 Å². The molecule has 1 aromatic heterocycles. The van der Waals surface area contributed by atoms with Crippen molar-refractivity contribution in [3.8, 4) is 0 Å². The standard InChI is InChI=1S/C13H22N4O2/c1-10-12(8-16-17(10)5-2-4-14)13(18)15-7-11-3-6-19-9-11/h8,11H,2-7,9,14H2,1H3,(H,15,18). The summed E-state index contributed by atoms with van der Waals surface area (Å²) in [7, 11) is 0. The van der Waals surface area contributed by atoms with Gasteiger partial charge in [0, 0.05) is 31.3 Å². The molecule has 1 saturated heterocycles. The van der Waals surface area contributed by atoms with Crippen LogP contribution in [0.4, 0.5) is 0 Å². The molecule has 6 nitrogen and oxygen atoms in total. The lowest BCUT2D eigenvalue weighted by atomic mass is 10.1. The molecule has 1 amide bonds. The fraction of sp³-hybridized carbons (Fsp3) is 0.692. The molecule has 0 bridgehead atoms. The van der Waals surface area contributed by atoms with Crippen LogP contribution in [-0.4, -0.2) is 42.0 Å². The highest BCUT2D eigenvalue weighted by Gasteiger charge is 2.18. The predicted molar refractivity (Wildman–Crippen MR) is 71.9 cm³/mol. The maximum absolute atomic E-state index is 12.1. The number of aryl methyl sites for hydroxylation is 1. The monoisotopic (exact) mass is 266 g/mol. The van der Waals surface area contributed by atoms with Crippen LogP contribution in [0.15, 0.2) is 6.20 Å². The smallest absolute Gasteiger partial charge is 0.254 e. The number of nitrogens with one attached hydrogen (secondary N) is 1. The van der Waals surface area contributed by atoms with Crippen LogP contribution in [0, 0.1) is 12.8 Å². The highest BCUT2D eigenvalue weighted by molar-refractivity contribution is 5.95. The van der Waals surface area contributed by atoms with Gasteiger partial charge in [0.2, 0.25) is 0 Å². The van der Waals surface area contributed by atoms with Gasteiger partial charge in [-0.2, -0.15) is 5.10 Å². The van der Waals surface area contributed by atoms with Crippen molar-refractivity contribution in [2.75, 3.05) is 26.3 Å². The van der Waals surface area contributed by atoms with E-state index >= 15 is 0 Å². The molecule has 0 saturated carbocycles. The SMILES string of the molecule is Cc1c(C(=O)NCC2CCOC2)cnn1CCCN. The number of hydrogen-bond acceptors (Lipinski definition) is 4. The summed E-state index contributed by atoms with van der Waals surface area (Å²) in [5.41, 5.74) is 7.02. The third kappa shape index (κ3) is 3.54. The Bertz CT molecular complexity index is 424. The fourth-order valence-corrected chi connectivity index (χ4v) is 2.21. The van der Waals surface area contributed by atoms with Crippen LogP contribution in [0.5, 0.6) is 0 Å². The molecule has 0 aromatic carbocycles. The second-order valence-corrected chi connectivity index (χ2v) is 4.95. The maximum Gasteiger partial charge on any atom is 0.254 e. The first-order chi connectivity index (χ1) is 9.22. The van der Waals surface area contributed by atoms with E-state index in [1.54, 1.807) is 6.20 Å². The second-order valence-electron chi connectivity index (χ2n) is 4.95. The van der Waals surface area contributed by atoms with Crippen LogP contribution < -0.4 is 11.1 Å². The fourth-order valence-electron chi connectivity index (χ4n) is 2.21. The number of carbonyl (C=O) groups is 1. The van der Waals surface area contributed by atoms with Crippen molar-refractivity contribution in [2.24, 2.45) is 11.7 Å². The molecule has 1 aliphatic heterocycles. The third-order valence-corrected chi connectivity index (χ3v) is 3.50. The van der Waals surface area contributed by atoms with Crippen molar-refractivity contribution in [2.45, 2.75) is 26.3 Å². The van der Waals surface area contributed by atoms with Crippen molar-refractivity contribution in [3.63, 3.8) is 0 Å². The Morgan fingerprint density at radius 1 is 1.68 bits per heavy atom. The van der Waals surface area contributed by atoms with Crippen LogP contribution in [0.3, 0.4) is 0 Å². The molecule has 19 heavy (non-hydrogen) atoms. The quantitative estimate of drug-likeness (QED) is 0.776. The average molecular weight is 266 g/mol. The highest BCUT2D eigenvalue weighted by atomic mass is 16.5. The molecular weight excluding hydrogens is 244 g/mol. The zero-order valence-corrected chi connectivity index (χ0v) is 11.4. The van der Waals surface area contributed by atoms with E-state index in [2.05, 4.69) is 10.4 Å². The molecule has 3 N–H and O–H groups in total. The molecule has 1 atom stereocenters. The summed E-state index contributed by atoms with van der Waals surface area (Å²) in [6.07, 6.45) is 3.52. The molecule has 1 aliphatic rings. The van der Waals surface area contributed by atoms with Crippen LogP contribution in [-0.2, 0) is 11.3 Å². The first-order valence-electron chi connectivity index (χ1n) is 6.80. The van der Waals surface area contributed by atoms with Gasteiger partial charge in [-0.25, -0.2) is 0 Å². The topological polar surface area (TPSA) is 82.2 Å². The van der Waals surface area contributed by atoms with Gasteiger partial charge in [0.25, 0.3) is 5.91 Å². The minimum Gasteiger partial charge on any atom is -0.381 e. The second kappa shape index (κ2) is 6.68. The van der Waals surface area contributed by atoms with Gasteiger partial charge in [-0.3, -0.25) is 9.48 Å². The Balaban J connectivity index is 1.89. The Morgan fingerprint density at radius 2 is 2.53 bits per heavy atom. The molecule has 1 unspecified atom stereocenters. The number of hydrogen-bond donors (Lipinski definition) is 2. The Hall–Kier alpha value is -1.40. The summed E-state index contributed by atoms with van der Waals surface area (Å²) in [6.45, 7) is 5.52. The van der Waals surface area contributed by atoms with E-state index < -0.39 is 0 Å². The summed E-state index contributed by atoms with van der Waals surface area (Å²) in [6, 6.07) is 0. The van der Waals surface area contributed by atoms with Crippen LogP contribution in [0.2, 0.25) is 0 Å². The maximum atomic E-state index is 12.1. The predicted octanol–water partition coefficient (Wildman–Crippen LogP) is 0.307. The van der Waals surface area contributed by atoms with Gasteiger partial charge in [-0.1, -0.05) is 0 Å². The first-order valence-corrected chi connectivity index (χ1v) is 6.80. The molecule has 0 radical (unpaired) electrons. The zero-order chi connectivity index (χ0) is 13.7. The van der Waals surface area contributed by atoms with Crippen LogP contribution in [0.1, 0.15) is 28.9 Å². The lowest BCUT2D eigenvalue weighted by Crippen LogP contribution is -2.29. The van der Waals surface area contributed by atoms with Crippen molar-refractivity contribution < 1.29 is 9.53 Å². The zero-order valence-electron chi connectivity index (χ0n) is 11.4. The molecule has 6 heteroatoms. The van der Waals surface area contributed by atoms with Gasteiger partial charge in [0.05, 0.1) is 18.4 Å². The summed E-state index contributed by atoms with van der Waals surface area (Å²) < 4.78 is 7.12. The van der Waals surface area contributed by atoms with Gasteiger partial charge < -0.3 is 15.8 Å². The van der Waals surface area contributed by atoms with Gasteiger partial charge in [-0.15, -0.1) is 0 Å². The minimum absolute atomic E-state index is 0.0524. The van der Waals surface area contributed by atoms with Gasteiger partial charge in [0.15, 0.2) is 0 Å². The van der Waals surface area contributed by atoms with Crippen molar-refractivity contribution in [3.05, 3.63) is 17.5 Å². The number of ether oxygens (including phenoxy) is 1. The lowest BCUT2D eigenvalue weighted by Gasteiger charge is -2.09. The van der Waals surface area contributed by atoms with Crippen LogP contribution in [0.25, 0.3) is 0 Å². The molecule has 0 aliphatic carbocycles. The molecule has 106 valence electrons. The van der Waals surface area contributed by atoms with Crippen LogP contribution >= 0.6 is 0 Å². The Kier molecular flexibility index (Phi) is 4.93. The number of rotatable bonds is 6. The normalized spacial score (nSPS) is 18.7. The number of amides is 1. The number of carbonyl (C=O) groups excluding carboxylic acids is 1. The van der Waals surface area contributed by atoms with E-state index in [9.17, 15) is 4.79 Å². The van der Waals surface area contributed by atoms with E-state index in [-0.39, 0.29) is 5.91 Å². The van der Waals surface area contributed by atoms with E-state index in [0.29, 0.717) is 24.6 Å². The van der Waals surface area contributed by atoms with Gasteiger partial charge >= 0.3 is 0 Å². The Labute approximate surface area is 113 Å². The van der Waals surface area contributed by atoms with Crippen molar-refractivity contribution in [1.29, 1.82) is 0 Å². The summed E-state index contributed by atoms with van der Waals surface area (Å²) >= 11 is 0. The number of nitrogens with zero attached hydrogens (tertiary/aromatic N) is 2. The first kappa shape index (κ1) is 14.0. The van der Waals surface area contributed by atoms with E-state index in [1.807, 2.05) is 11.6 Å². The van der Waals surface area contributed by atoms with Gasteiger partial charge in [-0.05, 0) is 26.3 Å². The lowest BCUT2D eigenvalue weighted by molar-refractivity contribution is 0.0944. The molecule has 1 fully saturated rings. The molecule has 1 aromatic rings. The molecule has 0 spiro atoms. The van der Waals surface area contributed by atoms with Gasteiger partial charge in [0.1, 0.15) is 0 Å².